The first-order valence-electron chi connectivity index (χ1n) is 10.4. The van der Waals surface area contributed by atoms with Crippen LogP contribution in [0.1, 0.15) is 36.9 Å². The van der Waals surface area contributed by atoms with E-state index in [0.717, 1.165) is 35.9 Å². The van der Waals surface area contributed by atoms with Crippen LogP contribution in [0.25, 0.3) is 0 Å². The Balaban J connectivity index is 1.42. The number of hydrogen-bond donors (Lipinski definition) is 2. The van der Waals surface area contributed by atoms with Crippen LogP contribution >= 0.6 is 23.8 Å². The molecule has 3 aromatic rings. The van der Waals surface area contributed by atoms with E-state index in [1.807, 2.05) is 49.4 Å². The summed E-state index contributed by atoms with van der Waals surface area (Å²) in [4.78, 5) is 8.88. The van der Waals surface area contributed by atoms with Crippen LogP contribution in [0.5, 0.6) is 11.6 Å². The SMILES string of the molecule is Cc1cc(Oc2ccccc2)nc(NC(=S)NCC2(c3cccc(Cl)c3)CCCC2)n1. The highest BCUT2D eigenvalue weighted by molar-refractivity contribution is 7.80. The Morgan fingerprint density at radius 2 is 1.84 bits per heavy atom. The van der Waals surface area contributed by atoms with Crippen molar-refractivity contribution >= 4 is 34.9 Å². The maximum absolute atomic E-state index is 6.26. The Hall–Kier alpha value is -2.70. The van der Waals surface area contributed by atoms with Gasteiger partial charge in [0.2, 0.25) is 11.8 Å². The Kier molecular flexibility index (Phi) is 6.68. The third kappa shape index (κ3) is 5.51. The van der Waals surface area contributed by atoms with Gasteiger partial charge in [0.1, 0.15) is 5.75 Å². The summed E-state index contributed by atoms with van der Waals surface area (Å²) in [5.74, 6) is 1.60. The molecular formula is C24H25ClN4OS. The van der Waals surface area contributed by atoms with E-state index < -0.39 is 0 Å². The molecule has 0 aliphatic heterocycles. The maximum atomic E-state index is 6.26. The molecule has 1 fully saturated rings. The number of nitrogens with one attached hydrogen (secondary N) is 2. The smallest absolute Gasteiger partial charge is 0.232 e. The third-order valence-corrected chi connectivity index (χ3v) is 6.09. The second kappa shape index (κ2) is 9.62. The van der Waals surface area contributed by atoms with E-state index in [0.29, 0.717) is 16.9 Å². The zero-order valence-corrected chi connectivity index (χ0v) is 19.0. The number of benzene rings is 2. The van der Waals surface area contributed by atoms with Crippen molar-refractivity contribution in [1.29, 1.82) is 0 Å². The molecule has 5 nitrogen and oxygen atoms in total. The Labute approximate surface area is 193 Å². The van der Waals surface area contributed by atoms with E-state index in [1.165, 1.54) is 18.4 Å². The van der Waals surface area contributed by atoms with Crippen LogP contribution in [0.15, 0.2) is 60.7 Å². The number of halogens is 1. The number of anilines is 1. The summed E-state index contributed by atoms with van der Waals surface area (Å²) >= 11 is 11.8. The monoisotopic (exact) mass is 452 g/mol. The maximum Gasteiger partial charge on any atom is 0.232 e. The topological polar surface area (TPSA) is 59.1 Å². The van der Waals surface area contributed by atoms with Crippen LogP contribution in [0.4, 0.5) is 5.95 Å². The van der Waals surface area contributed by atoms with Gasteiger partial charge in [-0.3, -0.25) is 0 Å². The number of hydrogen-bond acceptors (Lipinski definition) is 4. The number of para-hydroxylation sites is 1. The second-order valence-electron chi connectivity index (χ2n) is 7.89. The van der Waals surface area contributed by atoms with Crippen molar-refractivity contribution in [3.63, 3.8) is 0 Å². The third-order valence-electron chi connectivity index (χ3n) is 5.61. The lowest BCUT2D eigenvalue weighted by Gasteiger charge is -2.30. The van der Waals surface area contributed by atoms with E-state index in [1.54, 1.807) is 6.07 Å². The Bertz CT molecular complexity index is 1050. The molecule has 0 bridgehead atoms. The normalized spacial score (nSPS) is 14.8. The molecule has 1 aromatic heterocycles. The average Bonchev–Trinajstić information content (AvgIpc) is 3.23. The highest BCUT2D eigenvalue weighted by Gasteiger charge is 2.35. The molecule has 0 amide bonds. The summed E-state index contributed by atoms with van der Waals surface area (Å²) < 4.78 is 5.84. The number of thiocarbonyl (C=S) groups is 1. The molecular weight excluding hydrogens is 428 g/mol. The van der Waals surface area contributed by atoms with Gasteiger partial charge in [0, 0.05) is 28.7 Å². The molecule has 0 radical (unpaired) electrons. The van der Waals surface area contributed by atoms with Gasteiger partial charge in [0.05, 0.1) is 0 Å². The molecule has 31 heavy (non-hydrogen) atoms. The molecule has 1 aliphatic carbocycles. The van der Waals surface area contributed by atoms with Crippen molar-refractivity contribution in [2.75, 3.05) is 11.9 Å². The molecule has 0 unspecified atom stereocenters. The molecule has 0 saturated heterocycles. The van der Waals surface area contributed by atoms with Crippen LogP contribution < -0.4 is 15.4 Å². The number of rotatable bonds is 6. The lowest BCUT2D eigenvalue weighted by molar-refractivity contribution is 0.435. The Morgan fingerprint density at radius 1 is 1.06 bits per heavy atom. The minimum absolute atomic E-state index is 0.0334. The highest BCUT2D eigenvalue weighted by atomic mass is 35.5. The molecule has 1 heterocycles. The van der Waals surface area contributed by atoms with E-state index in [2.05, 4.69) is 32.7 Å². The van der Waals surface area contributed by atoms with Crippen molar-refractivity contribution in [3.8, 4) is 11.6 Å². The van der Waals surface area contributed by atoms with Gasteiger partial charge >= 0.3 is 0 Å². The van der Waals surface area contributed by atoms with Crippen LogP contribution in [0.2, 0.25) is 5.02 Å². The molecule has 0 spiro atoms. The largest absolute Gasteiger partial charge is 0.439 e. The van der Waals surface area contributed by atoms with Gasteiger partial charge in [-0.05, 0) is 61.8 Å². The van der Waals surface area contributed by atoms with Crippen LogP contribution in [-0.4, -0.2) is 21.6 Å². The van der Waals surface area contributed by atoms with Gasteiger partial charge in [-0.15, -0.1) is 0 Å². The van der Waals surface area contributed by atoms with E-state index in [4.69, 9.17) is 28.6 Å². The fourth-order valence-corrected chi connectivity index (χ4v) is 4.44. The summed E-state index contributed by atoms with van der Waals surface area (Å²) in [7, 11) is 0. The van der Waals surface area contributed by atoms with Gasteiger partial charge in [0.25, 0.3) is 0 Å². The zero-order valence-electron chi connectivity index (χ0n) is 17.4. The predicted molar refractivity (Wildman–Crippen MR) is 129 cm³/mol. The fourth-order valence-electron chi connectivity index (χ4n) is 4.09. The molecule has 2 N–H and O–H groups in total. The summed E-state index contributed by atoms with van der Waals surface area (Å²) in [6.45, 7) is 2.63. The minimum Gasteiger partial charge on any atom is -0.439 e. The van der Waals surface area contributed by atoms with Gasteiger partial charge in [-0.25, -0.2) is 4.98 Å². The van der Waals surface area contributed by atoms with Gasteiger partial charge < -0.3 is 15.4 Å². The first-order valence-corrected chi connectivity index (χ1v) is 11.2. The van der Waals surface area contributed by atoms with E-state index >= 15 is 0 Å². The van der Waals surface area contributed by atoms with Crippen molar-refractivity contribution in [1.82, 2.24) is 15.3 Å². The predicted octanol–water partition coefficient (Wildman–Crippen LogP) is 6.03. The van der Waals surface area contributed by atoms with Gasteiger partial charge in [-0.1, -0.05) is 54.8 Å². The molecule has 0 atom stereocenters. The molecule has 4 rings (SSSR count). The minimum atomic E-state index is 0.0334. The summed E-state index contributed by atoms with van der Waals surface area (Å²) in [5, 5.41) is 7.74. The number of ether oxygens (including phenoxy) is 1. The highest BCUT2D eigenvalue weighted by Crippen LogP contribution is 2.41. The molecule has 2 aromatic carbocycles. The first-order chi connectivity index (χ1) is 15.0. The van der Waals surface area contributed by atoms with Crippen LogP contribution in [-0.2, 0) is 5.41 Å². The summed E-state index contributed by atoms with van der Waals surface area (Å²) in [6.07, 6.45) is 4.63. The Morgan fingerprint density at radius 3 is 2.58 bits per heavy atom. The lowest BCUT2D eigenvalue weighted by Crippen LogP contribution is -2.41. The van der Waals surface area contributed by atoms with E-state index in [-0.39, 0.29) is 5.41 Å². The van der Waals surface area contributed by atoms with Gasteiger partial charge in [-0.2, -0.15) is 4.98 Å². The van der Waals surface area contributed by atoms with Crippen molar-refractivity contribution in [2.45, 2.75) is 38.0 Å². The molecule has 160 valence electrons. The zero-order chi connectivity index (χ0) is 21.7. The first kappa shape index (κ1) is 21.5. The lowest BCUT2D eigenvalue weighted by atomic mass is 9.79. The summed E-state index contributed by atoms with van der Waals surface area (Å²) in [6, 6.07) is 19.5. The van der Waals surface area contributed by atoms with Crippen LogP contribution in [0, 0.1) is 6.92 Å². The fraction of sp³-hybridized carbons (Fsp3) is 0.292. The quantitative estimate of drug-likeness (QED) is 0.445. The molecule has 1 aliphatic rings. The second-order valence-corrected chi connectivity index (χ2v) is 8.74. The van der Waals surface area contributed by atoms with Gasteiger partial charge in [0.15, 0.2) is 5.11 Å². The average molecular weight is 453 g/mol. The molecule has 1 saturated carbocycles. The van der Waals surface area contributed by atoms with Crippen molar-refractivity contribution in [2.24, 2.45) is 0 Å². The summed E-state index contributed by atoms with van der Waals surface area (Å²) in [5.41, 5.74) is 2.08. The van der Waals surface area contributed by atoms with Crippen molar-refractivity contribution in [3.05, 3.63) is 76.9 Å². The van der Waals surface area contributed by atoms with Crippen molar-refractivity contribution < 1.29 is 4.74 Å². The number of aryl methyl sites for hydroxylation is 1. The standard InChI is InChI=1S/C24H25ClN4OS/c1-17-14-21(30-20-10-3-2-4-11-20)28-22(27-17)29-23(31)26-16-24(12-5-6-13-24)18-8-7-9-19(25)15-18/h2-4,7-11,14-15H,5-6,12-13,16H2,1H3,(H2,26,27,28,29,31). The number of nitrogens with zero attached hydrogens (tertiary/aromatic N) is 2. The van der Waals surface area contributed by atoms with Crippen LogP contribution in [0.3, 0.4) is 0 Å². The van der Waals surface area contributed by atoms with E-state index in [9.17, 15) is 0 Å². The molecule has 7 heteroatoms. The number of aromatic nitrogens is 2.